The molecule has 1 N–H and O–H groups in total. The standard InChI is InChI=1S/C33H41N5O2/c1-33(2,3)25-8-10-26(11-9-25)35-32(39)40-21-27-18-24-14-17-38(27)20-28(24)30-19-29(22-6-4-5-7-22)36-31(37-30)23-12-15-34-16-13-23/h8-13,15-16,19,22,24,27-28H,4-7,14,17-18,20-21H2,1-3H3,(H,35,39). The average Bonchev–Trinajstić information content (AvgIpc) is 3.52. The number of carbonyl (C=O) groups excluding carboxylic acids is 1. The van der Waals surface area contributed by atoms with Crippen LogP contribution in [0.5, 0.6) is 0 Å². The molecule has 7 heteroatoms. The van der Waals surface area contributed by atoms with Gasteiger partial charge in [-0.25, -0.2) is 14.8 Å². The number of anilines is 1. The quantitative estimate of drug-likeness (QED) is 0.366. The second-order valence-electron chi connectivity index (χ2n) is 12.8. The van der Waals surface area contributed by atoms with Gasteiger partial charge < -0.3 is 4.74 Å². The van der Waals surface area contributed by atoms with Gasteiger partial charge >= 0.3 is 6.09 Å². The number of aromatic nitrogens is 3. The third kappa shape index (κ3) is 5.90. The van der Waals surface area contributed by atoms with Crippen molar-refractivity contribution in [3.63, 3.8) is 0 Å². The fraction of sp³-hybridized carbons (Fsp3) is 0.515. The van der Waals surface area contributed by atoms with Crippen LogP contribution in [0, 0.1) is 5.92 Å². The Morgan fingerprint density at radius 3 is 2.40 bits per heavy atom. The van der Waals surface area contributed by atoms with Gasteiger partial charge in [0.05, 0.1) is 0 Å². The lowest BCUT2D eigenvalue weighted by molar-refractivity contribution is -0.00149. The lowest BCUT2D eigenvalue weighted by atomic mass is 9.74. The number of fused-ring (bicyclic) bond motifs is 3. The topological polar surface area (TPSA) is 80.2 Å². The minimum absolute atomic E-state index is 0.0795. The molecule has 3 saturated heterocycles. The summed E-state index contributed by atoms with van der Waals surface area (Å²) in [6, 6.07) is 14.6. The van der Waals surface area contributed by atoms with E-state index in [0.29, 0.717) is 24.4 Å². The first-order valence-electron chi connectivity index (χ1n) is 14.9. The first-order valence-corrected chi connectivity index (χ1v) is 14.9. The molecule has 210 valence electrons. The summed E-state index contributed by atoms with van der Waals surface area (Å²) in [6.07, 6.45) is 10.4. The molecule has 2 aromatic heterocycles. The van der Waals surface area contributed by atoms with E-state index in [2.05, 4.69) is 54.2 Å². The predicted molar refractivity (Wildman–Crippen MR) is 157 cm³/mol. The zero-order chi connectivity index (χ0) is 27.7. The summed E-state index contributed by atoms with van der Waals surface area (Å²) in [5.41, 5.74) is 5.49. The number of amides is 1. The van der Waals surface area contributed by atoms with Crippen molar-refractivity contribution in [2.45, 2.75) is 82.6 Å². The maximum absolute atomic E-state index is 12.6. The van der Waals surface area contributed by atoms with Gasteiger partial charge in [-0.05, 0) is 79.5 Å². The van der Waals surface area contributed by atoms with Crippen LogP contribution in [0.25, 0.3) is 11.4 Å². The van der Waals surface area contributed by atoms with Gasteiger partial charge in [0.15, 0.2) is 5.82 Å². The third-order valence-electron chi connectivity index (χ3n) is 9.14. The number of ether oxygens (including phenoxy) is 1. The van der Waals surface area contributed by atoms with Crippen molar-refractivity contribution >= 4 is 11.8 Å². The lowest BCUT2D eigenvalue weighted by Crippen LogP contribution is -2.54. The van der Waals surface area contributed by atoms with Gasteiger partial charge in [-0.1, -0.05) is 45.7 Å². The monoisotopic (exact) mass is 539 g/mol. The van der Waals surface area contributed by atoms with E-state index in [4.69, 9.17) is 14.7 Å². The van der Waals surface area contributed by atoms with E-state index in [1.807, 2.05) is 36.7 Å². The van der Waals surface area contributed by atoms with Crippen LogP contribution in [-0.2, 0) is 10.2 Å². The maximum Gasteiger partial charge on any atom is 0.411 e. The van der Waals surface area contributed by atoms with Gasteiger partial charge in [0.1, 0.15) is 6.61 Å². The average molecular weight is 540 g/mol. The first kappa shape index (κ1) is 26.9. The summed E-state index contributed by atoms with van der Waals surface area (Å²) in [5.74, 6) is 2.27. The van der Waals surface area contributed by atoms with E-state index in [1.54, 1.807) is 0 Å². The van der Waals surface area contributed by atoms with Crippen molar-refractivity contribution in [3.8, 4) is 11.4 Å². The van der Waals surface area contributed by atoms with Crippen molar-refractivity contribution in [3.05, 3.63) is 71.8 Å². The Morgan fingerprint density at radius 2 is 1.73 bits per heavy atom. The minimum Gasteiger partial charge on any atom is -0.448 e. The Morgan fingerprint density at radius 1 is 1.00 bits per heavy atom. The molecule has 1 saturated carbocycles. The molecule has 7 rings (SSSR count). The number of carbonyl (C=O) groups is 1. The van der Waals surface area contributed by atoms with Crippen molar-refractivity contribution < 1.29 is 9.53 Å². The Labute approximate surface area is 237 Å². The summed E-state index contributed by atoms with van der Waals surface area (Å²) < 4.78 is 5.72. The Hall–Kier alpha value is -3.32. The van der Waals surface area contributed by atoms with E-state index in [1.165, 1.54) is 42.6 Å². The van der Waals surface area contributed by atoms with Crippen LogP contribution in [0.2, 0.25) is 0 Å². The Bertz CT molecular complexity index is 1310. The summed E-state index contributed by atoms with van der Waals surface area (Å²) in [4.78, 5) is 29.4. The van der Waals surface area contributed by atoms with Crippen molar-refractivity contribution in [1.82, 2.24) is 19.9 Å². The second kappa shape index (κ2) is 11.3. The number of pyridine rings is 1. The SMILES string of the molecule is CC(C)(C)c1ccc(NC(=O)OCC2CC3CCN2CC3c2cc(C3CCCC3)nc(-c3ccncc3)n2)cc1. The highest BCUT2D eigenvalue weighted by Gasteiger charge is 2.42. The number of nitrogens with one attached hydrogen (secondary N) is 1. The fourth-order valence-corrected chi connectivity index (χ4v) is 6.76. The van der Waals surface area contributed by atoms with Crippen LogP contribution < -0.4 is 5.32 Å². The van der Waals surface area contributed by atoms with Crippen LogP contribution in [-0.4, -0.2) is 51.7 Å². The fourth-order valence-electron chi connectivity index (χ4n) is 6.76. The number of hydrogen-bond donors (Lipinski definition) is 1. The van der Waals surface area contributed by atoms with Crippen LogP contribution in [0.3, 0.4) is 0 Å². The summed E-state index contributed by atoms with van der Waals surface area (Å²) in [5, 5.41) is 2.89. The molecule has 1 aromatic carbocycles. The maximum atomic E-state index is 12.6. The predicted octanol–water partition coefficient (Wildman–Crippen LogP) is 6.92. The molecule has 1 aliphatic carbocycles. The number of hydrogen-bond acceptors (Lipinski definition) is 6. The molecule has 0 radical (unpaired) electrons. The van der Waals surface area contributed by atoms with Gasteiger partial charge in [-0.2, -0.15) is 0 Å². The molecule has 0 spiro atoms. The molecular formula is C33H41N5O2. The van der Waals surface area contributed by atoms with Crippen molar-refractivity contribution in [2.24, 2.45) is 5.92 Å². The van der Waals surface area contributed by atoms with Gasteiger partial charge in [0, 0.05) is 59.5 Å². The second-order valence-corrected chi connectivity index (χ2v) is 12.8. The highest BCUT2D eigenvalue weighted by atomic mass is 16.5. The molecule has 3 aromatic rings. The van der Waals surface area contributed by atoms with Crippen LogP contribution in [0.4, 0.5) is 10.5 Å². The normalized spacial score (nSPS) is 24.7. The molecule has 4 fully saturated rings. The largest absolute Gasteiger partial charge is 0.448 e. The smallest absolute Gasteiger partial charge is 0.411 e. The molecule has 4 atom stereocenters. The molecule has 2 bridgehead atoms. The first-order chi connectivity index (χ1) is 19.3. The number of benzene rings is 1. The number of nitrogens with zero attached hydrogens (tertiary/aromatic N) is 4. The van der Waals surface area contributed by atoms with Crippen LogP contribution in [0.1, 0.15) is 88.1 Å². The molecule has 40 heavy (non-hydrogen) atoms. The zero-order valence-corrected chi connectivity index (χ0v) is 24.0. The highest BCUT2D eigenvalue weighted by molar-refractivity contribution is 5.84. The van der Waals surface area contributed by atoms with Crippen molar-refractivity contribution in [2.75, 3.05) is 25.0 Å². The lowest BCUT2D eigenvalue weighted by Gasteiger charge is -2.49. The number of piperidine rings is 3. The van der Waals surface area contributed by atoms with E-state index in [9.17, 15) is 4.79 Å². The molecule has 4 unspecified atom stereocenters. The van der Waals surface area contributed by atoms with E-state index < -0.39 is 0 Å². The Kier molecular flexibility index (Phi) is 7.58. The van der Waals surface area contributed by atoms with Crippen LogP contribution in [0.15, 0.2) is 54.9 Å². The third-order valence-corrected chi connectivity index (χ3v) is 9.14. The molecule has 5 heterocycles. The van der Waals surface area contributed by atoms with E-state index in [-0.39, 0.29) is 17.6 Å². The Balaban J connectivity index is 1.11. The summed E-state index contributed by atoms with van der Waals surface area (Å²) >= 11 is 0. The van der Waals surface area contributed by atoms with E-state index in [0.717, 1.165) is 43.0 Å². The molecular weight excluding hydrogens is 498 g/mol. The van der Waals surface area contributed by atoms with Crippen LogP contribution >= 0.6 is 0 Å². The zero-order valence-electron chi connectivity index (χ0n) is 24.0. The summed E-state index contributed by atoms with van der Waals surface area (Å²) in [7, 11) is 0. The molecule has 7 nitrogen and oxygen atoms in total. The van der Waals surface area contributed by atoms with Gasteiger partial charge in [-0.15, -0.1) is 0 Å². The molecule has 1 amide bonds. The van der Waals surface area contributed by atoms with Gasteiger partial charge in [-0.3, -0.25) is 15.2 Å². The minimum atomic E-state index is -0.387. The van der Waals surface area contributed by atoms with Gasteiger partial charge in [0.25, 0.3) is 0 Å². The van der Waals surface area contributed by atoms with E-state index >= 15 is 0 Å². The summed E-state index contributed by atoms with van der Waals surface area (Å²) in [6.45, 7) is 8.95. The molecule has 4 aliphatic rings. The van der Waals surface area contributed by atoms with Crippen molar-refractivity contribution in [1.29, 1.82) is 0 Å². The number of rotatable bonds is 6. The highest BCUT2D eigenvalue weighted by Crippen LogP contribution is 2.43. The van der Waals surface area contributed by atoms with Gasteiger partial charge in [0.2, 0.25) is 0 Å². The molecule has 3 aliphatic heterocycles.